The number of hydrogen-bond donors (Lipinski definition) is 1. The Balaban J connectivity index is 2.25. The average molecular weight is 263 g/mol. The monoisotopic (exact) mass is 262 g/mol. The first-order valence-electron chi connectivity index (χ1n) is 5.89. The lowest BCUT2D eigenvalue weighted by atomic mass is 10.2. The number of aliphatic hydroxyl groups is 1. The fraction of sp³-hybridized carbons (Fsp3) is 0.200. The van der Waals surface area contributed by atoms with Crippen molar-refractivity contribution in [3.05, 3.63) is 52.8 Å². The number of halogens is 1. The molecular weight excluding hydrogens is 248 g/mol. The Morgan fingerprint density at radius 3 is 2.56 bits per heavy atom. The van der Waals surface area contributed by atoms with Crippen LogP contribution in [0.4, 0.5) is 0 Å². The lowest BCUT2D eigenvalue weighted by molar-refractivity contribution is 0.328. The maximum Gasteiger partial charge on any atom is 0.134 e. The highest BCUT2D eigenvalue weighted by Crippen LogP contribution is 2.25. The minimum absolute atomic E-state index is 0.0630. The zero-order valence-electron chi connectivity index (χ0n) is 10.2. The zero-order valence-corrected chi connectivity index (χ0v) is 10.9. The van der Waals surface area contributed by atoms with Gasteiger partial charge in [0.05, 0.1) is 6.61 Å². The van der Waals surface area contributed by atoms with E-state index in [2.05, 4.69) is 0 Å². The lowest BCUT2D eigenvalue weighted by Crippen LogP contribution is -1.86. The molecule has 0 unspecified atom stereocenters. The first-order chi connectivity index (χ1) is 8.72. The van der Waals surface area contributed by atoms with Gasteiger partial charge in [0.15, 0.2) is 0 Å². The Kier molecular flexibility index (Phi) is 4.24. The third-order valence-electron chi connectivity index (χ3n) is 2.76. The summed E-state index contributed by atoms with van der Waals surface area (Å²) in [6, 6.07) is 11.3. The molecule has 0 aliphatic carbocycles. The molecule has 0 atom stereocenters. The average Bonchev–Trinajstić information content (AvgIpc) is 2.85. The van der Waals surface area contributed by atoms with Crippen molar-refractivity contribution in [3.63, 3.8) is 0 Å². The number of rotatable bonds is 4. The van der Waals surface area contributed by atoms with Crippen LogP contribution in [0.25, 0.3) is 17.4 Å². The van der Waals surface area contributed by atoms with Crippen LogP contribution < -0.4 is 0 Å². The topological polar surface area (TPSA) is 33.4 Å². The number of aliphatic hydroxyl groups excluding tert-OH is 1. The summed E-state index contributed by atoms with van der Waals surface area (Å²) in [5.41, 5.74) is 1.94. The number of furan rings is 1. The summed E-state index contributed by atoms with van der Waals surface area (Å²) in [6.07, 6.45) is 2.69. The number of benzene rings is 1. The normalized spacial score (nSPS) is 11.8. The second-order valence-electron chi connectivity index (χ2n) is 4.02. The van der Waals surface area contributed by atoms with E-state index in [1.165, 1.54) is 0 Å². The second kappa shape index (κ2) is 5.89. The van der Waals surface area contributed by atoms with Gasteiger partial charge in [-0.25, -0.2) is 0 Å². The fourth-order valence-corrected chi connectivity index (χ4v) is 1.79. The quantitative estimate of drug-likeness (QED) is 0.887. The smallest absolute Gasteiger partial charge is 0.134 e. The van der Waals surface area contributed by atoms with Crippen LogP contribution in [0.1, 0.15) is 19.1 Å². The molecule has 0 aliphatic rings. The highest BCUT2D eigenvalue weighted by molar-refractivity contribution is 6.30. The minimum atomic E-state index is 0.0630. The molecule has 0 bridgehead atoms. The third-order valence-corrected chi connectivity index (χ3v) is 3.01. The molecule has 0 aliphatic heterocycles. The molecule has 0 spiro atoms. The number of hydrogen-bond acceptors (Lipinski definition) is 2. The predicted molar refractivity (Wildman–Crippen MR) is 74.5 cm³/mol. The summed E-state index contributed by atoms with van der Waals surface area (Å²) in [4.78, 5) is 0. The predicted octanol–water partition coefficient (Wildman–Crippen LogP) is 4.39. The van der Waals surface area contributed by atoms with Crippen LogP contribution in [0.15, 0.2) is 46.4 Å². The Bertz CT molecular complexity index is 532. The molecule has 0 saturated carbocycles. The van der Waals surface area contributed by atoms with E-state index in [0.29, 0.717) is 5.02 Å². The van der Waals surface area contributed by atoms with Crippen LogP contribution in [0.2, 0.25) is 5.02 Å². The van der Waals surface area contributed by atoms with Crippen LogP contribution in [0.5, 0.6) is 0 Å². The standard InChI is InChI=1S/C15H15ClO2/c1-2-11(10-17)9-14-7-8-15(18-14)12-3-5-13(16)6-4-12/h3-9,17H,2,10H2,1H3. The van der Waals surface area contributed by atoms with E-state index in [0.717, 1.165) is 29.1 Å². The molecule has 0 saturated heterocycles. The molecule has 18 heavy (non-hydrogen) atoms. The van der Waals surface area contributed by atoms with E-state index < -0.39 is 0 Å². The molecule has 0 amide bonds. The molecule has 2 rings (SSSR count). The molecule has 3 heteroatoms. The van der Waals surface area contributed by atoms with Crippen LogP contribution in [-0.4, -0.2) is 11.7 Å². The second-order valence-corrected chi connectivity index (χ2v) is 4.46. The maximum atomic E-state index is 9.12. The van der Waals surface area contributed by atoms with Crippen molar-refractivity contribution in [3.8, 4) is 11.3 Å². The van der Waals surface area contributed by atoms with Gasteiger partial charge in [0.2, 0.25) is 0 Å². The summed E-state index contributed by atoms with van der Waals surface area (Å²) in [7, 11) is 0. The van der Waals surface area contributed by atoms with E-state index >= 15 is 0 Å². The van der Waals surface area contributed by atoms with Gasteiger partial charge in [0.25, 0.3) is 0 Å². The van der Waals surface area contributed by atoms with Crippen molar-refractivity contribution in [2.24, 2.45) is 0 Å². The van der Waals surface area contributed by atoms with E-state index in [9.17, 15) is 0 Å². The van der Waals surface area contributed by atoms with Gasteiger partial charge in [-0.3, -0.25) is 0 Å². The molecule has 1 aromatic heterocycles. The molecule has 1 heterocycles. The van der Waals surface area contributed by atoms with E-state index in [-0.39, 0.29) is 6.61 Å². The van der Waals surface area contributed by atoms with Crippen molar-refractivity contribution in [2.75, 3.05) is 6.61 Å². The summed E-state index contributed by atoms with van der Waals surface area (Å²) >= 11 is 5.84. The van der Waals surface area contributed by atoms with Gasteiger partial charge in [-0.1, -0.05) is 18.5 Å². The zero-order chi connectivity index (χ0) is 13.0. The van der Waals surface area contributed by atoms with Gasteiger partial charge in [-0.05, 0) is 54.5 Å². The molecule has 0 radical (unpaired) electrons. The fourth-order valence-electron chi connectivity index (χ4n) is 1.66. The van der Waals surface area contributed by atoms with Crippen LogP contribution >= 0.6 is 11.6 Å². The van der Waals surface area contributed by atoms with Crippen molar-refractivity contribution >= 4 is 17.7 Å². The first-order valence-corrected chi connectivity index (χ1v) is 6.27. The molecule has 1 N–H and O–H groups in total. The molecule has 0 fully saturated rings. The van der Waals surface area contributed by atoms with Crippen molar-refractivity contribution in [1.29, 1.82) is 0 Å². The molecule has 1 aromatic carbocycles. The van der Waals surface area contributed by atoms with Crippen molar-refractivity contribution < 1.29 is 9.52 Å². The largest absolute Gasteiger partial charge is 0.457 e. The molecule has 2 nitrogen and oxygen atoms in total. The summed E-state index contributed by atoms with van der Waals surface area (Å²) in [5, 5.41) is 9.82. The van der Waals surface area contributed by atoms with Gasteiger partial charge in [0.1, 0.15) is 11.5 Å². The summed E-state index contributed by atoms with van der Waals surface area (Å²) < 4.78 is 5.71. The molecule has 94 valence electrons. The van der Waals surface area contributed by atoms with E-state index in [1.54, 1.807) is 0 Å². The van der Waals surface area contributed by atoms with E-state index in [4.69, 9.17) is 21.1 Å². The van der Waals surface area contributed by atoms with Gasteiger partial charge in [-0.15, -0.1) is 0 Å². The molecular formula is C15H15ClO2. The SMILES string of the molecule is CCC(=Cc1ccc(-c2ccc(Cl)cc2)o1)CO. The maximum absolute atomic E-state index is 9.12. The van der Waals surface area contributed by atoms with Gasteiger partial charge in [-0.2, -0.15) is 0 Å². The minimum Gasteiger partial charge on any atom is -0.457 e. The van der Waals surface area contributed by atoms with Crippen LogP contribution in [0, 0.1) is 0 Å². The highest BCUT2D eigenvalue weighted by atomic mass is 35.5. The van der Waals surface area contributed by atoms with Gasteiger partial charge < -0.3 is 9.52 Å². The van der Waals surface area contributed by atoms with Gasteiger partial charge in [0, 0.05) is 10.6 Å². The first kappa shape index (κ1) is 12.9. The Hall–Kier alpha value is -1.51. The Labute approximate surface area is 112 Å². The van der Waals surface area contributed by atoms with Crippen LogP contribution in [0.3, 0.4) is 0 Å². The Morgan fingerprint density at radius 2 is 1.94 bits per heavy atom. The van der Waals surface area contributed by atoms with E-state index in [1.807, 2.05) is 49.4 Å². The van der Waals surface area contributed by atoms with Crippen LogP contribution in [-0.2, 0) is 0 Å². The third kappa shape index (κ3) is 3.03. The van der Waals surface area contributed by atoms with Crippen molar-refractivity contribution in [1.82, 2.24) is 0 Å². The lowest BCUT2D eigenvalue weighted by Gasteiger charge is -1.98. The van der Waals surface area contributed by atoms with Gasteiger partial charge >= 0.3 is 0 Å². The Morgan fingerprint density at radius 1 is 1.22 bits per heavy atom. The summed E-state index contributed by atoms with van der Waals surface area (Å²) in [6.45, 7) is 2.07. The van der Waals surface area contributed by atoms with Crippen molar-refractivity contribution in [2.45, 2.75) is 13.3 Å². The highest BCUT2D eigenvalue weighted by Gasteiger charge is 2.04. The summed E-state index contributed by atoms with van der Waals surface area (Å²) in [5.74, 6) is 1.55. The molecule has 2 aromatic rings.